The molecule has 72 valence electrons. The van der Waals surface area contributed by atoms with Crippen LogP contribution in [-0.2, 0) is 0 Å². The molecule has 0 saturated heterocycles. The van der Waals surface area contributed by atoms with Crippen LogP contribution in [0.1, 0.15) is 5.69 Å². The first-order valence-electron chi connectivity index (χ1n) is 4.03. The van der Waals surface area contributed by atoms with E-state index in [1.807, 2.05) is 0 Å². The summed E-state index contributed by atoms with van der Waals surface area (Å²) >= 11 is 11.8. The number of rotatable bonds is 0. The van der Waals surface area contributed by atoms with Crippen molar-refractivity contribution in [2.24, 2.45) is 0 Å². The van der Waals surface area contributed by atoms with E-state index in [0.29, 0.717) is 21.3 Å². The predicted molar refractivity (Wildman–Crippen MR) is 58.2 cm³/mol. The molecule has 1 aromatic heterocycles. The van der Waals surface area contributed by atoms with Gasteiger partial charge in [-0.3, -0.25) is 0 Å². The van der Waals surface area contributed by atoms with Gasteiger partial charge in [0.2, 0.25) is 0 Å². The highest BCUT2D eigenvalue weighted by Gasteiger charge is 2.06. The zero-order chi connectivity index (χ0) is 10.3. The molecule has 4 heteroatoms. The second-order valence-corrected chi connectivity index (χ2v) is 3.90. The van der Waals surface area contributed by atoms with Crippen molar-refractivity contribution >= 4 is 34.1 Å². The summed E-state index contributed by atoms with van der Waals surface area (Å²) in [7, 11) is 0. The quantitative estimate of drug-likeness (QED) is 0.747. The van der Waals surface area contributed by atoms with E-state index in [4.69, 9.17) is 23.2 Å². The molecule has 1 aromatic carbocycles. The van der Waals surface area contributed by atoms with Crippen molar-refractivity contribution in [1.29, 1.82) is 0 Å². The number of benzene rings is 1. The molecule has 1 N–H and O–H groups in total. The Bertz CT molecular complexity index is 511. The third-order valence-corrected chi connectivity index (χ3v) is 2.51. The Morgan fingerprint density at radius 3 is 2.64 bits per heavy atom. The van der Waals surface area contributed by atoms with Crippen LogP contribution in [0.3, 0.4) is 0 Å². The maximum Gasteiger partial charge on any atom is 0.137 e. The molecule has 0 aliphatic heterocycles. The summed E-state index contributed by atoms with van der Waals surface area (Å²) in [5.41, 5.74) is 1.22. The molecule has 2 aromatic rings. The van der Waals surface area contributed by atoms with Crippen LogP contribution in [0.4, 0.5) is 0 Å². The number of aromatic hydroxyl groups is 1. The smallest absolute Gasteiger partial charge is 0.137 e. The number of pyridine rings is 1. The highest BCUT2D eigenvalue weighted by Crippen LogP contribution is 2.29. The van der Waals surface area contributed by atoms with E-state index >= 15 is 0 Å². The Hall–Kier alpha value is -0.990. The fourth-order valence-corrected chi connectivity index (χ4v) is 1.84. The second kappa shape index (κ2) is 3.30. The summed E-state index contributed by atoms with van der Waals surface area (Å²) in [6.07, 6.45) is 0. The first-order chi connectivity index (χ1) is 6.58. The van der Waals surface area contributed by atoms with Gasteiger partial charge in [0, 0.05) is 10.4 Å². The van der Waals surface area contributed by atoms with Crippen molar-refractivity contribution in [2.45, 2.75) is 6.92 Å². The highest BCUT2D eigenvalue weighted by atomic mass is 35.5. The van der Waals surface area contributed by atoms with Crippen LogP contribution in [-0.4, -0.2) is 10.1 Å². The van der Waals surface area contributed by atoms with Gasteiger partial charge in [-0.1, -0.05) is 23.2 Å². The lowest BCUT2D eigenvalue weighted by atomic mass is 10.2. The standard InChI is InChI=1S/C10H7Cl2NO/c1-5-9(14)3-6-2-7(11)4-8(12)10(6)13-5/h2-4,14H,1H3. The van der Waals surface area contributed by atoms with Crippen LogP contribution >= 0.6 is 23.2 Å². The van der Waals surface area contributed by atoms with Gasteiger partial charge < -0.3 is 5.11 Å². The van der Waals surface area contributed by atoms with E-state index in [1.165, 1.54) is 0 Å². The number of aromatic nitrogens is 1. The van der Waals surface area contributed by atoms with Gasteiger partial charge in [0.05, 0.1) is 16.2 Å². The molecule has 0 unspecified atom stereocenters. The van der Waals surface area contributed by atoms with Crippen LogP contribution in [0.5, 0.6) is 5.75 Å². The average molecular weight is 228 g/mol. The van der Waals surface area contributed by atoms with Gasteiger partial charge in [0.1, 0.15) is 5.75 Å². The minimum atomic E-state index is 0.149. The van der Waals surface area contributed by atoms with Crippen LogP contribution in [0.15, 0.2) is 18.2 Å². The molecule has 0 radical (unpaired) electrons. The second-order valence-electron chi connectivity index (χ2n) is 3.05. The van der Waals surface area contributed by atoms with Crippen molar-refractivity contribution in [3.63, 3.8) is 0 Å². The largest absolute Gasteiger partial charge is 0.506 e. The van der Waals surface area contributed by atoms with Gasteiger partial charge in [-0.15, -0.1) is 0 Å². The molecule has 2 rings (SSSR count). The number of aryl methyl sites for hydroxylation is 1. The van der Waals surface area contributed by atoms with E-state index in [9.17, 15) is 5.11 Å². The van der Waals surface area contributed by atoms with E-state index < -0.39 is 0 Å². The van der Waals surface area contributed by atoms with Crippen molar-refractivity contribution in [3.8, 4) is 5.75 Å². The highest BCUT2D eigenvalue weighted by molar-refractivity contribution is 6.38. The molecular weight excluding hydrogens is 221 g/mol. The monoisotopic (exact) mass is 227 g/mol. The van der Waals surface area contributed by atoms with Crippen molar-refractivity contribution < 1.29 is 5.11 Å². The summed E-state index contributed by atoms with van der Waals surface area (Å²) < 4.78 is 0. The number of hydrogen-bond donors (Lipinski definition) is 1. The Labute approximate surface area is 91.1 Å². The first-order valence-corrected chi connectivity index (χ1v) is 4.79. The summed E-state index contributed by atoms with van der Waals surface area (Å²) in [6.45, 7) is 1.72. The molecule has 0 saturated carbocycles. The zero-order valence-corrected chi connectivity index (χ0v) is 8.89. The maximum atomic E-state index is 9.45. The van der Waals surface area contributed by atoms with Crippen LogP contribution in [0, 0.1) is 6.92 Å². The molecule has 0 aliphatic carbocycles. The normalized spacial score (nSPS) is 10.8. The number of halogens is 2. The molecular formula is C10H7Cl2NO. The molecule has 2 nitrogen and oxygen atoms in total. The third-order valence-electron chi connectivity index (χ3n) is 2.00. The summed E-state index contributed by atoms with van der Waals surface area (Å²) in [4.78, 5) is 4.18. The topological polar surface area (TPSA) is 33.1 Å². The number of fused-ring (bicyclic) bond motifs is 1. The summed E-state index contributed by atoms with van der Waals surface area (Å²) in [5, 5.41) is 11.2. The Balaban J connectivity index is 2.89. The fourth-order valence-electron chi connectivity index (χ4n) is 1.29. The van der Waals surface area contributed by atoms with E-state index in [2.05, 4.69) is 4.98 Å². The Kier molecular flexibility index (Phi) is 2.25. The van der Waals surface area contributed by atoms with Crippen LogP contribution in [0.25, 0.3) is 10.9 Å². The zero-order valence-electron chi connectivity index (χ0n) is 7.38. The molecule has 0 atom stereocenters. The van der Waals surface area contributed by atoms with Gasteiger partial charge >= 0.3 is 0 Å². The van der Waals surface area contributed by atoms with Crippen molar-refractivity contribution in [3.05, 3.63) is 33.9 Å². The van der Waals surface area contributed by atoms with Crippen LogP contribution in [0.2, 0.25) is 10.0 Å². The first kappa shape index (κ1) is 9.56. The Morgan fingerprint density at radius 2 is 1.93 bits per heavy atom. The van der Waals surface area contributed by atoms with E-state index in [1.54, 1.807) is 25.1 Å². The molecule has 0 aliphatic rings. The van der Waals surface area contributed by atoms with E-state index in [0.717, 1.165) is 5.39 Å². The molecule has 0 fully saturated rings. The SMILES string of the molecule is Cc1nc2c(Cl)cc(Cl)cc2cc1O. The van der Waals surface area contributed by atoms with E-state index in [-0.39, 0.29) is 5.75 Å². The minimum Gasteiger partial charge on any atom is -0.506 e. The number of nitrogens with zero attached hydrogens (tertiary/aromatic N) is 1. The summed E-state index contributed by atoms with van der Waals surface area (Å²) in [6, 6.07) is 4.96. The van der Waals surface area contributed by atoms with Gasteiger partial charge in [0.15, 0.2) is 0 Å². The van der Waals surface area contributed by atoms with Gasteiger partial charge in [-0.2, -0.15) is 0 Å². The fraction of sp³-hybridized carbons (Fsp3) is 0.100. The molecule has 0 spiro atoms. The average Bonchev–Trinajstić information content (AvgIpc) is 2.08. The molecule has 0 amide bonds. The van der Waals surface area contributed by atoms with Gasteiger partial charge in [-0.05, 0) is 25.1 Å². The number of hydrogen-bond acceptors (Lipinski definition) is 2. The van der Waals surface area contributed by atoms with Gasteiger partial charge in [0.25, 0.3) is 0 Å². The van der Waals surface area contributed by atoms with Crippen molar-refractivity contribution in [1.82, 2.24) is 4.98 Å². The van der Waals surface area contributed by atoms with Crippen LogP contribution < -0.4 is 0 Å². The molecule has 1 heterocycles. The third kappa shape index (κ3) is 1.51. The Morgan fingerprint density at radius 1 is 1.21 bits per heavy atom. The summed E-state index contributed by atoms with van der Waals surface area (Å²) in [5.74, 6) is 0.149. The maximum absolute atomic E-state index is 9.45. The molecule has 0 bridgehead atoms. The predicted octanol–water partition coefficient (Wildman–Crippen LogP) is 3.56. The lowest BCUT2D eigenvalue weighted by molar-refractivity contribution is 0.469. The van der Waals surface area contributed by atoms with Crippen molar-refractivity contribution in [2.75, 3.05) is 0 Å². The lowest BCUT2D eigenvalue weighted by Gasteiger charge is -2.04. The minimum absolute atomic E-state index is 0.149. The van der Waals surface area contributed by atoms with Gasteiger partial charge in [-0.25, -0.2) is 4.98 Å². The lowest BCUT2D eigenvalue weighted by Crippen LogP contribution is -1.85. The molecule has 14 heavy (non-hydrogen) atoms.